The van der Waals surface area contributed by atoms with Gasteiger partial charge in [0, 0.05) is 0 Å². The van der Waals surface area contributed by atoms with E-state index in [1.807, 2.05) is 0 Å². The molecule has 1 unspecified atom stereocenters. The van der Waals surface area contributed by atoms with E-state index in [1.165, 1.54) is 0 Å². The van der Waals surface area contributed by atoms with Crippen molar-refractivity contribution in [1.29, 1.82) is 0 Å². The van der Waals surface area contributed by atoms with Gasteiger partial charge in [0.2, 0.25) is 23.6 Å². The molecule has 0 rings (SSSR count). The Balaban J connectivity index is 4.66. The largest absolute Gasteiger partial charge is 0.370 e. The van der Waals surface area contributed by atoms with Crippen LogP contribution >= 0.6 is 0 Å². The van der Waals surface area contributed by atoms with Crippen LogP contribution in [-0.2, 0) is 19.2 Å². The van der Waals surface area contributed by atoms with Crippen molar-refractivity contribution in [2.75, 3.05) is 13.1 Å². The molecule has 9 nitrogen and oxygen atoms in total. The molecule has 0 aliphatic heterocycles. The van der Waals surface area contributed by atoms with Crippen molar-refractivity contribution in [3.8, 4) is 0 Å². The third-order valence-electron chi connectivity index (χ3n) is 1.74. The monoisotopic (exact) mass is 245 g/mol. The SMILES string of the molecule is NC(=O)CC(N)C(=O)N(CC(N)=O)CC(N)=O. The summed E-state index contributed by atoms with van der Waals surface area (Å²) >= 11 is 0. The first-order valence-corrected chi connectivity index (χ1v) is 4.63. The molecule has 0 heterocycles. The van der Waals surface area contributed by atoms with Crippen molar-refractivity contribution in [2.45, 2.75) is 12.5 Å². The van der Waals surface area contributed by atoms with Gasteiger partial charge in [-0.25, -0.2) is 0 Å². The average molecular weight is 245 g/mol. The highest BCUT2D eigenvalue weighted by Crippen LogP contribution is 1.97. The van der Waals surface area contributed by atoms with Gasteiger partial charge in [0.15, 0.2) is 0 Å². The number of primary amides is 3. The molecule has 9 heteroatoms. The lowest BCUT2D eigenvalue weighted by Gasteiger charge is -2.22. The molecule has 0 aromatic heterocycles. The van der Waals surface area contributed by atoms with Crippen molar-refractivity contribution < 1.29 is 19.2 Å². The second-order valence-corrected chi connectivity index (χ2v) is 3.40. The molecule has 8 N–H and O–H groups in total. The van der Waals surface area contributed by atoms with E-state index in [4.69, 9.17) is 22.9 Å². The Hall–Kier alpha value is -2.16. The van der Waals surface area contributed by atoms with Gasteiger partial charge >= 0.3 is 0 Å². The third-order valence-corrected chi connectivity index (χ3v) is 1.74. The van der Waals surface area contributed by atoms with E-state index in [2.05, 4.69) is 0 Å². The molecular formula is C8H15N5O4. The van der Waals surface area contributed by atoms with Crippen LogP contribution in [0.25, 0.3) is 0 Å². The summed E-state index contributed by atoms with van der Waals surface area (Å²) in [5.41, 5.74) is 20.0. The van der Waals surface area contributed by atoms with Crippen LogP contribution in [0.4, 0.5) is 0 Å². The number of hydrogen-bond donors (Lipinski definition) is 4. The fraction of sp³-hybridized carbons (Fsp3) is 0.500. The smallest absolute Gasteiger partial charge is 0.240 e. The predicted molar refractivity (Wildman–Crippen MR) is 56.8 cm³/mol. The lowest BCUT2D eigenvalue weighted by Crippen LogP contribution is -2.50. The van der Waals surface area contributed by atoms with E-state index in [0.717, 1.165) is 4.90 Å². The maximum atomic E-state index is 11.6. The molecule has 0 spiro atoms. The van der Waals surface area contributed by atoms with Gasteiger partial charge in [-0.2, -0.15) is 0 Å². The average Bonchev–Trinajstić information content (AvgIpc) is 2.12. The van der Waals surface area contributed by atoms with Crippen LogP contribution in [0.15, 0.2) is 0 Å². The number of nitrogens with zero attached hydrogens (tertiary/aromatic N) is 1. The molecular weight excluding hydrogens is 230 g/mol. The van der Waals surface area contributed by atoms with E-state index in [0.29, 0.717) is 0 Å². The Morgan fingerprint density at radius 2 is 1.29 bits per heavy atom. The van der Waals surface area contributed by atoms with Crippen LogP contribution < -0.4 is 22.9 Å². The van der Waals surface area contributed by atoms with E-state index >= 15 is 0 Å². The summed E-state index contributed by atoms with van der Waals surface area (Å²) in [7, 11) is 0. The summed E-state index contributed by atoms with van der Waals surface area (Å²) in [6.07, 6.45) is -0.396. The molecule has 0 radical (unpaired) electrons. The zero-order valence-electron chi connectivity index (χ0n) is 9.09. The molecule has 0 aromatic rings. The lowest BCUT2D eigenvalue weighted by molar-refractivity contribution is -0.139. The Morgan fingerprint density at radius 3 is 1.59 bits per heavy atom. The number of nitrogens with two attached hydrogens (primary N) is 4. The molecule has 0 aromatic carbocycles. The molecule has 17 heavy (non-hydrogen) atoms. The highest BCUT2D eigenvalue weighted by atomic mass is 16.2. The van der Waals surface area contributed by atoms with Gasteiger partial charge in [-0.05, 0) is 0 Å². The molecule has 0 saturated carbocycles. The first kappa shape index (κ1) is 14.8. The molecule has 1 atom stereocenters. The Morgan fingerprint density at radius 1 is 0.882 bits per heavy atom. The number of amides is 4. The minimum Gasteiger partial charge on any atom is -0.370 e. The summed E-state index contributed by atoms with van der Waals surface area (Å²) in [5, 5.41) is 0. The topological polar surface area (TPSA) is 176 Å². The van der Waals surface area contributed by atoms with Crippen molar-refractivity contribution in [3.05, 3.63) is 0 Å². The number of carbonyl (C=O) groups excluding carboxylic acids is 4. The van der Waals surface area contributed by atoms with Crippen molar-refractivity contribution >= 4 is 23.6 Å². The van der Waals surface area contributed by atoms with Gasteiger partial charge in [-0.1, -0.05) is 0 Å². The Labute approximate surface area is 97.1 Å². The van der Waals surface area contributed by atoms with E-state index in [1.54, 1.807) is 0 Å². The zero-order valence-corrected chi connectivity index (χ0v) is 9.09. The van der Waals surface area contributed by atoms with E-state index in [9.17, 15) is 19.2 Å². The van der Waals surface area contributed by atoms with Crippen LogP contribution in [0.5, 0.6) is 0 Å². The normalized spacial score (nSPS) is 11.6. The van der Waals surface area contributed by atoms with Gasteiger partial charge in [0.05, 0.1) is 25.6 Å². The Bertz CT molecular complexity index is 327. The summed E-state index contributed by atoms with van der Waals surface area (Å²) < 4.78 is 0. The van der Waals surface area contributed by atoms with Crippen LogP contribution in [-0.4, -0.2) is 47.7 Å². The number of rotatable bonds is 7. The molecule has 0 aliphatic carbocycles. The maximum absolute atomic E-state index is 11.6. The second kappa shape index (κ2) is 6.43. The number of carbonyl (C=O) groups is 4. The summed E-state index contributed by atoms with van der Waals surface area (Å²) in [6.45, 7) is -1.01. The van der Waals surface area contributed by atoms with Crippen LogP contribution in [0, 0.1) is 0 Å². The molecule has 0 aliphatic rings. The lowest BCUT2D eigenvalue weighted by atomic mass is 10.2. The molecule has 0 fully saturated rings. The zero-order chi connectivity index (χ0) is 13.6. The van der Waals surface area contributed by atoms with Gasteiger partial charge in [-0.15, -0.1) is 0 Å². The fourth-order valence-corrected chi connectivity index (χ4v) is 1.13. The second-order valence-electron chi connectivity index (χ2n) is 3.40. The van der Waals surface area contributed by atoms with E-state index < -0.39 is 49.2 Å². The highest BCUT2D eigenvalue weighted by Gasteiger charge is 2.24. The summed E-state index contributed by atoms with van der Waals surface area (Å²) in [5.74, 6) is -3.22. The predicted octanol–water partition coefficient (Wildman–Crippen LogP) is -4.01. The third kappa shape index (κ3) is 6.10. The van der Waals surface area contributed by atoms with Crippen molar-refractivity contribution in [3.63, 3.8) is 0 Å². The summed E-state index contributed by atoms with van der Waals surface area (Å²) in [6, 6.07) is -1.23. The highest BCUT2D eigenvalue weighted by molar-refractivity contribution is 5.92. The minimum absolute atomic E-state index is 0.396. The first-order valence-electron chi connectivity index (χ1n) is 4.63. The molecule has 96 valence electrons. The molecule has 0 saturated heterocycles. The van der Waals surface area contributed by atoms with Crippen LogP contribution in [0.1, 0.15) is 6.42 Å². The van der Waals surface area contributed by atoms with Crippen LogP contribution in [0.2, 0.25) is 0 Å². The fourth-order valence-electron chi connectivity index (χ4n) is 1.13. The minimum atomic E-state index is -1.23. The molecule has 4 amide bonds. The summed E-state index contributed by atoms with van der Waals surface area (Å²) in [4.78, 5) is 44.3. The van der Waals surface area contributed by atoms with Gasteiger partial charge in [0.25, 0.3) is 0 Å². The Kier molecular flexibility index (Phi) is 5.61. The van der Waals surface area contributed by atoms with Gasteiger partial charge in [0.1, 0.15) is 0 Å². The number of hydrogen-bond acceptors (Lipinski definition) is 5. The van der Waals surface area contributed by atoms with Crippen molar-refractivity contribution in [2.24, 2.45) is 22.9 Å². The molecule has 0 bridgehead atoms. The first-order chi connectivity index (χ1) is 7.73. The van der Waals surface area contributed by atoms with Gasteiger partial charge < -0.3 is 27.8 Å². The van der Waals surface area contributed by atoms with E-state index in [-0.39, 0.29) is 0 Å². The quantitative estimate of drug-likeness (QED) is 0.356. The van der Waals surface area contributed by atoms with Crippen LogP contribution in [0.3, 0.4) is 0 Å². The standard InChI is InChI=1S/C8H15N5O4/c9-4(1-5(10)14)8(17)13(2-6(11)15)3-7(12)16/h4H,1-3,9H2,(H2,10,14)(H2,11,15)(H2,12,16). The maximum Gasteiger partial charge on any atom is 0.240 e. The van der Waals surface area contributed by atoms with Gasteiger partial charge in [-0.3, -0.25) is 19.2 Å². The van der Waals surface area contributed by atoms with Crippen molar-refractivity contribution in [1.82, 2.24) is 4.90 Å².